The molecule has 35 heavy (non-hydrogen) atoms. The highest BCUT2D eigenvalue weighted by molar-refractivity contribution is 5.99. The van der Waals surface area contributed by atoms with Crippen LogP contribution in [0.3, 0.4) is 0 Å². The Labute approximate surface area is 200 Å². The standard InChI is InChI=1S/C26H24F2N4O3/c1-15(29-22(33)13-16-11-18(27)14-19(28)12-16)25(34)32-24-26(35)30-21-10-6-5-9-20(21)23(31-24)17-7-3-2-4-8-17/h2-12,14-15,23-24,31H,13H2,1H3,(H,29,33)(H,30,35)(H,32,34)/t15-,23?,24?/m0/s1. The lowest BCUT2D eigenvalue weighted by Crippen LogP contribution is -2.57. The van der Waals surface area contributed by atoms with Crippen molar-refractivity contribution in [2.75, 3.05) is 5.32 Å². The van der Waals surface area contributed by atoms with Crippen molar-refractivity contribution in [1.82, 2.24) is 16.0 Å². The van der Waals surface area contributed by atoms with Crippen LogP contribution < -0.4 is 21.3 Å². The molecule has 0 fully saturated rings. The number of carbonyl (C=O) groups is 3. The van der Waals surface area contributed by atoms with E-state index in [4.69, 9.17) is 0 Å². The summed E-state index contributed by atoms with van der Waals surface area (Å²) in [5.74, 6) is -3.24. The first-order chi connectivity index (χ1) is 16.8. The predicted molar refractivity (Wildman–Crippen MR) is 126 cm³/mol. The largest absolute Gasteiger partial charge is 0.344 e. The van der Waals surface area contributed by atoms with Crippen molar-refractivity contribution in [2.24, 2.45) is 0 Å². The first-order valence-electron chi connectivity index (χ1n) is 11.1. The highest BCUT2D eigenvalue weighted by atomic mass is 19.1. The maximum Gasteiger partial charge on any atom is 0.262 e. The van der Waals surface area contributed by atoms with Crippen molar-refractivity contribution in [3.8, 4) is 0 Å². The second kappa shape index (κ2) is 10.4. The highest BCUT2D eigenvalue weighted by Crippen LogP contribution is 2.30. The second-order valence-corrected chi connectivity index (χ2v) is 8.27. The molecule has 0 aromatic heterocycles. The average Bonchev–Trinajstić information content (AvgIpc) is 2.95. The van der Waals surface area contributed by atoms with E-state index in [2.05, 4.69) is 21.3 Å². The number of hydrogen-bond donors (Lipinski definition) is 4. The minimum Gasteiger partial charge on any atom is -0.344 e. The van der Waals surface area contributed by atoms with E-state index in [1.165, 1.54) is 6.92 Å². The summed E-state index contributed by atoms with van der Waals surface area (Å²) in [5, 5.41) is 11.1. The number of anilines is 1. The highest BCUT2D eigenvalue weighted by Gasteiger charge is 2.32. The molecule has 180 valence electrons. The number of amides is 3. The molecule has 3 atom stereocenters. The molecule has 2 unspecified atom stereocenters. The Bertz CT molecular complexity index is 1230. The van der Waals surface area contributed by atoms with Crippen molar-refractivity contribution < 1.29 is 23.2 Å². The Balaban J connectivity index is 1.45. The topological polar surface area (TPSA) is 99.3 Å². The smallest absolute Gasteiger partial charge is 0.262 e. The Kier molecular flexibility index (Phi) is 7.17. The van der Waals surface area contributed by atoms with E-state index in [0.29, 0.717) is 11.8 Å². The number of carbonyl (C=O) groups excluding carboxylic acids is 3. The fraction of sp³-hybridized carbons (Fsp3) is 0.192. The number of halogens is 2. The molecule has 7 nitrogen and oxygen atoms in total. The molecule has 1 aliphatic heterocycles. The molecule has 0 aliphatic carbocycles. The van der Waals surface area contributed by atoms with E-state index in [0.717, 1.165) is 23.3 Å². The number of hydrogen-bond acceptors (Lipinski definition) is 4. The fourth-order valence-electron chi connectivity index (χ4n) is 3.95. The van der Waals surface area contributed by atoms with Crippen molar-refractivity contribution in [2.45, 2.75) is 31.6 Å². The third-order valence-corrected chi connectivity index (χ3v) is 5.60. The van der Waals surface area contributed by atoms with Crippen LogP contribution in [0.1, 0.15) is 29.7 Å². The molecule has 1 aliphatic rings. The van der Waals surface area contributed by atoms with Gasteiger partial charge in [0.25, 0.3) is 5.91 Å². The average molecular weight is 478 g/mol. The molecule has 9 heteroatoms. The predicted octanol–water partition coefficient (Wildman–Crippen LogP) is 2.79. The zero-order valence-corrected chi connectivity index (χ0v) is 18.8. The SMILES string of the molecule is C[C@H](NC(=O)Cc1cc(F)cc(F)c1)C(=O)NC1NC(c2ccccc2)c2ccccc2NC1=O. The summed E-state index contributed by atoms with van der Waals surface area (Å²) >= 11 is 0. The van der Waals surface area contributed by atoms with Gasteiger partial charge >= 0.3 is 0 Å². The van der Waals surface area contributed by atoms with Gasteiger partial charge in [0.05, 0.1) is 12.5 Å². The van der Waals surface area contributed by atoms with Gasteiger partial charge in [-0.1, -0.05) is 48.5 Å². The Morgan fingerprint density at radius 3 is 2.34 bits per heavy atom. The summed E-state index contributed by atoms with van der Waals surface area (Å²) in [6.07, 6.45) is -1.39. The maximum atomic E-state index is 13.4. The van der Waals surface area contributed by atoms with E-state index in [-0.39, 0.29) is 18.0 Å². The first-order valence-corrected chi connectivity index (χ1v) is 11.1. The van der Waals surface area contributed by atoms with Gasteiger partial charge < -0.3 is 16.0 Å². The van der Waals surface area contributed by atoms with Gasteiger partial charge in [-0.3, -0.25) is 19.7 Å². The molecule has 4 N–H and O–H groups in total. The van der Waals surface area contributed by atoms with Gasteiger partial charge in [-0.15, -0.1) is 0 Å². The third kappa shape index (κ3) is 5.88. The third-order valence-electron chi connectivity index (χ3n) is 5.60. The van der Waals surface area contributed by atoms with Crippen LogP contribution >= 0.6 is 0 Å². The normalized spacial score (nSPS) is 18.0. The lowest BCUT2D eigenvalue weighted by molar-refractivity contribution is -0.130. The van der Waals surface area contributed by atoms with Crippen LogP contribution in [0, 0.1) is 11.6 Å². The number of benzene rings is 3. The summed E-state index contributed by atoms with van der Waals surface area (Å²) in [4.78, 5) is 38.0. The molecule has 0 saturated carbocycles. The molecule has 3 aromatic rings. The molecule has 3 amide bonds. The molecule has 0 saturated heterocycles. The Morgan fingerprint density at radius 1 is 0.971 bits per heavy atom. The van der Waals surface area contributed by atoms with Crippen molar-refractivity contribution in [3.05, 3.63) is 101 Å². The van der Waals surface area contributed by atoms with E-state index in [9.17, 15) is 23.2 Å². The lowest BCUT2D eigenvalue weighted by Gasteiger charge is -2.24. The Hall–Kier alpha value is -4.11. The molecular formula is C26H24F2N4O3. The van der Waals surface area contributed by atoms with Crippen LogP contribution in [0.5, 0.6) is 0 Å². The zero-order chi connectivity index (χ0) is 24.9. The Morgan fingerprint density at radius 2 is 1.63 bits per heavy atom. The van der Waals surface area contributed by atoms with Gasteiger partial charge in [0, 0.05) is 11.8 Å². The molecule has 0 radical (unpaired) electrons. The zero-order valence-electron chi connectivity index (χ0n) is 18.8. The monoisotopic (exact) mass is 478 g/mol. The van der Waals surface area contributed by atoms with Gasteiger partial charge in [0.1, 0.15) is 17.7 Å². The van der Waals surface area contributed by atoms with E-state index >= 15 is 0 Å². The van der Waals surface area contributed by atoms with Gasteiger partial charge in [0.15, 0.2) is 6.17 Å². The summed E-state index contributed by atoms with van der Waals surface area (Å²) in [6.45, 7) is 1.46. The number of rotatable bonds is 6. The fourth-order valence-corrected chi connectivity index (χ4v) is 3.95. The molecule has 4 rings (SSSR count). The minimum atomic E-state index is -1.09. The van der Waals surface area contributed by atoms with Gasteiger partial charge in [-0.05, 0) is 41.8 Å². The molecule has 0 spiro atoms. The van der Waals surface area contributed by atoms with Crippen molar-refractivity contribution >= 4 is 23.4 Å². The molecule has 3 aromatic carbocycles. The maximum absolute atomic E-state index is 13.4. The summed E-state index contributed by atoms with van der Waals surface area (Å²) in [6, 6.07) is 18.3. The van der Waals surface area contributed by atoms with Crippen molar-refractivity contribution in [3.63, 3.8) is 0 Å². The summed E-state index contributed by atoms with van der Waals surface area (Å²) < 4.78 is 26.7. The molecule has 1 heterocycles. The summed E-state index contributed by atoms with van der Waals surface area (Å²) in [5.41, 5.74) is 2.51. The van der Waals surface area contributed by atoms with Crippen LogP contribution in [0.2, 0.25) is 0 Å². The quantitative estimate of drug-likeness (QED) is 0.438. The van der Waals surface area contributed by atoms with Crippen LogP contribution in [0.4, 0.5) is 14.5 Å². The summed E-state index contributed by atoms with van der Waals surface area (Å²) in [7, 11) is 0. The van der Waals surface area contributed by atoms with E-state index in [1.54, 1.807) is 6.07 Å². The van der Waals surface area contributed by atoms with Crippen LogP contribution in [0.15, 0.2) is 72.8 Å². The minimum absolute atomic E-state index is 0.140. The van der Waals surface area contributed by atoms with E-state index < -0.39 is 41.6 Å². The van der Waals surface area contributed by atoms with Crippen LogP contribution in [0.25, 0.3) is 0 Å². The molecule has 0 bridgehead atoms. The van der Waals surface area contributed by atoms with Gasteiger partial charge in [-0.2, -0.15) is 0 Å². The van der Waals surface area contributed by atoms with Crippen LogP contribution in [-0.2, 0) is 20.8 Å². The van der Waals surface area contributed by atoms with Gasteiger partial charge in [-0.25, -0.2) is 8.78 Å². The second-order valence-electron chi connectivity index (χ2n) is 8.27. The van der Waals surface area contributed by atoms with Crippen molar-refractivity contribution in [1.29, 1.82) is 0 Å². The number of nitrogens with one attached hydrogen (secondary N) is 4. The first kappa shape index (κ1) is 24.0. The van der Waals surface area contributed by atoms with Crippen LogP contribution in [-0.4, -0.2) is 29.9 Å². The molecular weight excluding hydrogens is 454 g/mol. The van der Waals surface area contributed by atoms with E-state index in [1.807, 2.05) is 48.5 Å². The van der Waals surface area contributed by atoms with Gasteiger partial charge in [0.2, 0.25) is 11.8 Å². The number of fused-ring (bicyclic) bond motifs is 1. The number of para-hydroxylation sites is 1. The lowest BCUT2D eigenvalue weighted by atomic mass is 9.97.